The van der Waals surface area contributed by atoms with Gasteiger partial charge in [-0.05, 0) is 44.4 Å². The van der Waals surface area contributed by atoms with Gasteiger partial charge in [0, 0.05) is 24.2 Å². The molecular formula is C17H25FN2. The first-order chi connectivity index (χ1) is 9.67. The highest BCUT2D eigenvalue weighted by Crippen LogP contribution is 2.21. The highest BCUT2D eigenvalue weighted by Gasteiger charge is 2.13. The first-order valence-corrected chi connectivity index (χ1v) is 7.65. The zero-order chi connectivity index (χ0) is 14.5. The van der Waals surface area contributed by atoms with Gasteiger partial charge in [0.2, 0.25) is 0 Å². The molecule has 0 fully saturated rings. The van der Waals surface area contributed by atoms with Crippen molar-refractivity contribution >= 4 is 10.9 Å². The average molecular weight is 276 g/mol. The molecule has 20 heavy (non-hydrogen) atoms. The Bertz CT molecular complexity index is 547. The van der Waals surface area contributed by atoms with Crippen LogP contribution < -0.4 is 0 Å². The van der Waals surface area contributed by atoms with E-state index in [0.717, 1.165) is 24.9 Å². The average Bonchev–Trinajstić information content (AvgIpc) is 2.87. The van der Waals surface area contributed by atoms with Gasteiger partial charge in [-0.25, -0.2) is 4.39 Å². The number of aromatic amines is 1. The molecule has 0 amide bonds. The number of aromatic nitrogens is 1. The molecular weight excluding hydrogens is 251 g/mol. The van der Waals surface area contributed by atoms with E-state index >= 15 is 0 Å². The number of hydrogen-bond donors (Lipinski definition) is 1. The van der Waals surface area contributed by atoms with E-state index in [1.807, 2.05) is 12.3 Å². The number of H-pyrrole nitrogens is 1. The van der Waals surface area contributed by atoms with Gasteiger partial charge in [0.05, 0.1) is 5.52 Å². The third kappa shape index (κ3) is 3.21. The Morgan fingerprint density at radius 3 is 2.75 bits per heavy atom. The van der Waals surface area contributed by atoms with Gasteiger partial charge in [-0.15, -0.1) is 0 Å². The van der Waals surface area contributed by atoms with Gasteiger partial charge in [0.1, 0.15) is 5.82 Å². The summed E-state index contributed by atoms with van der Waals surface area (Å²) in [5.74, 6) is -0.166. The molecule has 0 aliphatic rings. The molecule has 0 saturated carbocycles. The highest BCUT2D eigenvalue weighted by molar-refractivity contribution is 5.83. The number of benzene rings is 1. The van der Waals surface area contributed by atoms with Gasteiger partial charge in [-0.3, -0.25) is 0 Å². The Labute approximate surface area is 121 Å². The van der Waals surface area contributed by atoms with Crippen molar-refractivity contribution < 1.29 is 4.39 Å². The lowest BCUT2D eigenvalue weighted by Gasteiger charge is -2.27. The predicted octanol–water partition coefficient (Wildman–Crippen LogP) is 4.36. The van der Waals surface area contributed by atoms with Crippen LogP contribution in [0.25, 0.3) is 10.9 Å². The highest BCUT2D eigenvalue weighted by atomic mass is 19.1. The van der Waals surface area contributed by atoms with Crippen LogP contribution in [0.4, 0.5) is 4.39 Å². The molecule has 1 atom stereocenters. The van der Waals surface area contributed by atoms with E-state index in [2.05, 4.69) is 30.7 Å². The molecule has 3 heteroatoms. The van der Waals surface area contributed by atoms with Gasteiger partial charge < -0.3 is 9.88 Å². The molecule has 1 aromatic heterocycles. The second-order valence-corrected chi connectivity index (χ2v) is 5.52. The molecule has 110 valence electrons. The maximum atomic E-state index is 13.7. The van der Waals surface area contributed by atoms with Gasteiger partial charge in [0.15, 0.2) is 0 Å². The Balaban J connectivity index is 2.10. The quantitative estimate of drug-likeness (QED) is 0.796. The summed E-state index contributed by atoms with van der Waals surface area (Å²) in [6.45, 7) is 8.90. The van der Waals surface area contributed by atoms with Crippen LogP contribution in [0.3, 0.4) is 0 Å². The molecule has 0 bridgehead atoms. The van der Waals surface area contributed by atoms with Crippen molar-refractivity contribution in [2.75, 3.05) is 13.1 Å². The van der Waals surface area contributed by atoms with Crippen molar-refractivity contribution in [3.63, 3.8) is 0 Å². The number of halogens is 1. The van der Waals surface area contributed by atoms with Crippen molar-refractivity contribution in [2.24, 2.45) is 0 Å². The summed E-state index contributed by atoms with van der Waals surface area (Å²) in [6.07, 6.45) is 5.26. The van der Waals surface area contributed by atoms with E-state index < -0.39 is 0 Å². The number of fused-ring (bicyclic) bond motifs is 1. The van der Waals surface area contributed by atoms with Gasteiger partial charge in [0.25, 0.3) is 0 Å². The molecule has 0 spiro atoms. The Morgan fingerprint density at radius 2 is 2.05 bits per heavy atom. The molecule has 0 saturated heterocycles. The van der Waals surface area contributed by atoms with Crippen molar-refractivity contribution in [1.82, 2.24) is 9.88 Å². The van der Waals surface area contributed by atoms with Crippen molar-refractivity contribution in [3.05, 3.63) is 35.8 Å². The van der Waals surface area contributed by atoms with Gasteiger partial charge in [-0.2, -0.15) is 0 Å². The van der Waals surface area contributed by atoms with E-state index in [-0.39, 0.29) is 5.82 Å². The summed E-state index contributed by atoms with van der Waals surface area (Å²) >= 11 is 0. The lowest BCUT2D eigenvalue weighted by Crippen LogP contribution is -2.35. The minimum atomic E-state index is -0.166. The molecule has 1 unspecified atom stereocenters. The minimum absolute atomic E-state index is 0.166. The van der Waals surface area contributed by atoms with Crippen LogP contribution in [0.5, 0.6) is 0 Å². The number of hydrogen-bond acceptors (Lipinski definition) is 1. The van der Waals surface area contributed by atoms with Crippen LogP contribution in [0, 0.1) is 5.82 Å². The van der Waals surface area contributed by atoms with Crippen LogP contribution in [-0.2, 0) is 6.42 Å². The summed E-state index contributed by atoms with van der Waals surface area (Å²) in [5.41, 5.74) is 1.84. The van der Waals surface area contributed by atoms with Crippen LogP contribution in [0.15, 0.2) is 24.4 Å². The Hall–Kier alpha value is -1.35. The summed E-state index contributed by atoms with van der Waals surface area (Å²) in [4.78, 5) is 5.59. The van der Waals surface area contributed by atoms with Gasteiger partial charge >= 0.3 is 0 Å². The third-order valence-electron chi connectivity index (χ3n) is 4.14. The number of nitrogens with zero attached hydrogens (tertiary/aromatic N) is 1. The molecule has 1 heterocycles. The van der Waals surface area contributed by atoms with E-state index in [1.165, 1.54) is 24.5 Å². The zero-order valence-corrected chi connectivity index (χ0v) is 12.7. The summed E-state index contributed by atoms with van der Waals surface area (Å²) in [6, 6.07) is 5.90. The smallest absolute Gasteiger partial charge is 0.147 e. The fourth-order valence-electron chi connectivity index (χ4n) is 2.74. The molecule has 2 rings (SSSR count). The Kier molecular flexibility index (Phi) is 5.18. The Morgan fingerprint density at radius 1 is 1.25 bits per heavy atom. The monoisotopic (exact) mass is 276 g/mol. The van der Waals surface area contributed by atoms with Crippen LogP contribution in [0.2, 0.25) is 0 Å². The fraction of sp³-hybridized carbons (Fsp3) is 0.529. The first kappa shape index (κ1) is 15.0. The molecule has 0 aliphatic heterocycles. The van der Waals surface area contributed by atoms with Crippen molar-refractivity contribution in [3.8, 4) is 0 Å². The molecule has 2 aromatic rings. The van der Waals surface area contributed by atoms with E-state index in [9.17, 15) is 4.39 Å². The normalized spacial score (nSPS) is 13.2. The zero-order valence-electron chi connectivity index (χ0n) is 12.7. The number of para-hydroxylation sites is 1. The molecule has 2 nitrogen and oxygen atoms in total. The van der Waals surface area contributed by atoms with E-state index in [4.69, 9.17) is 0 Å². The fourth-order valence-corrected chi connectivity index (χ4v) is 2.74. The van der Waals surface area contributed by atoms with Crippen LogP contribution in [0.1, 0.15) is 39.2 Å². The molecule has 1 aromatic carbocycles. The number of rotatable bonds is 7. The SMILES string of the molecule is CCCN(CCc1c[nH]c2c(F)cccc12)C(C)CC. The standard InChI is InChI=1S/C17H25FN2/c1-4-10-20(13(3)5-2)11-9-14-12-19-17-15(14)7-6-8-16(17)18/h6-8,12-13,19H,4-5,9-11H2,1-3H3. The lowest BCUT2D eigenvalue weighted by molar-refractivity contribution is 0.207. The van der Waals surface area contributed by atoms with E-state index in [1.54, 1.807) is 6.07 Å². The first-order valence-electron chi connectivity index (χ1n) is 7.65. The van der Waals surface area contributed by atoms with Crippen molar-refractivity contribution in [1.29, 1.82) is 0 Å². The topological polar surface area (TPSA) is 19.0 Å². The maximum absolute atomic E-state index is 13.7. The minimum Gasteiger partial charge on any atom is -0.359 e. The van der Waals surface area contributed by atoms with Crippen LogP contribution in [-0.4, -0.2) is 29.0 Å². The lowest BCUT2D eigenvalue weighted by atomic mass is 10.1. The second-order valence-electron chi connectivity index (χ2n) is 5.52. The third-order valence-corrected chi connectivity index (χ3v) is 4.14. The largest absolute Gasteiger partial charge is 0.359 e. The van der Waals surface area contributed by atoms with E-state index in [0.29, 0.717) is 11.6 Å². The van der Waals surface area contributed by atoms with Crippen molar-refractivity contribution in [2.45, 2.75) is 46.1 Å². The number of nitrogens with one attached hydrogen (secondary N) is 1. The molecule has 1 N–H and O–H groups in total. The van der Waals surface area contributed by atoms with Gasteiger partial charge in [-0.1, -0.05) is 26.0 Å². The predicted molar refractivity (Wildman–Crippen MR) is 83.6 cm³/mol. The summed E-state index contributed by atoms with van der Waals surface area (Å²) in [7, 11) is 0. The maximum Gasteiger partial charge on any atom is 0.147 e. The molecule has 0 radical (unpaired) electrons. The summed E-state index contributed by atoms with van der Waals surface area (Å²) in [5, 5.41) is 1.02. The molecule has 0 aliphatic carbocycles. The second kappa shape index (κ2) is 6.89. The van der Waals surface area contributed by atoms with Crippen LogP contribution >= 0.6 is 0 Å². The summed E-state index contributed by atoms with van der Waals surface area (Å²) < 4.78 is 13.7.